The van der Waals surface area contributed by atoms with E-state index in [-0.39, 0.29) is 0 Å². The first-order chi connectivity index (χ1) is 9.22. The molecule has 3 aromatic rings. The molecule has 0 heteroatoms. The average Bonchev–Trinajstić information content (AvgIpc) is 2.72. The lowest BCUT2D eigenvalue weighted by Gasteiger charge is -2.08. The molecule has 0 aliphatic heterocycles. The number of benzene rings is 3. The van der Waals surface area contributed by atoms with E-state index in [1.54, 1.807) is 0 Å². The Kier molecular flexibility index (Phi) is 2.11. The van der Waals surface area contributed by atoms with Crippen LogP contribution >= 0.6 is 0 Å². The third-order valence-corrected chi connectivity index (χ3v) is 4.18. The van der Waals surface area contributed by atoms with Crippen LogP contribution in [0.1, 0.15) is 22.3 Å². The van der Waals surface area contributed by atoms with Crippen LogP contribution in [0.4, 0.5) is 0 Å². The summed E-state index contributed by atoms with van der Waals surface area (Å²) in [6.45, 7) is 4.42. The smallest absolute Gasteiger partial charge is 0.00130 e. The molecule has 0 nitrogen and oxygen atoms in total. The van der Waals surface area contributed by atoms with E-state index in [1.165, 1.54) is 44.2 Å². The van der Waals surface area contributed by atoms with Gasteiger partial charge in [-0.05, 0) is 64.9 Å². The van der Waals surface area contributed by atoms with Crippen LogP contribution in [0.15, 0.2) is 48.5 Å². The summed E-state index contributed by atoms with van der Waals surface area (Å²) in [5, 5.41) is 2.69. The lowest BCUT2D eigenvalue weighted by Crippen LogP contribution is -1.86. The van der Waals surface area contributed by atoms with Gasteiger partial charge in [0.2, 0.25) is 0 Å². The van der Waals surface area contributed by atoms with Gasteiger partial charge in [-0.15, -0.1) is 0 Å². The molecule has 0 spiro atoms. The van der Waals surface area contributed by atoms with Gasteiger partial charge in [0, 0.05) is 0 Å². The van der Waals surface area contributed by atoms with E-state index in [9.17, 15) is 0 Å². The molecule has 0 heterocycles. The lowest BCUT2D eigenvalue weighted by molar-refractivity contribution is 1.24. The van der Waals surface area contributed by atoms with Crippen molar-refractivity contribution in [3.8, 4) is 11.1 Å². The predicted octanol–water partition coefficient (Wildman–Crippen LogP) is 5.03. The van der Waals surface area contributed by atoms with Crippen LogP contribution in [0.5, 0.6) is 0 Å². The molecule has 0 saturated carbocycles. The number of hydrogen-bond donors (Lipinski definition) is 0. The summed E-state index contributed by atoms with van der Waals surface area (Å²) < 4.78 is 0. The van der Waals surface area contributed by atoms with Crippen molar-refractivity contribution >= 4 is 10.8 Å². The maximum Gasteiger partial charge on any atom is -0.00130 e. The Morgan fingerprint density at radius 2 is 1.53 bits per heavy atom. The summed E-state index contributed by atoms with van der Waals surface area (Å²) in [6, 6.07) is 18.0. The highest BCUT2D eigenvalue weighted by Crippen LogP contribution is 2.41. The molecular formula is C19H16. The molecule has 1 aliphatic carbocycles. The van der Waals surface area contributed by atoms with Crippen LogP contribution in [0.2, 0.25) is 0 Å². The fraction of sp³-hybridized carbons (Fsp3) is 0.158. The number of hydrogen-bond acceptors (Lipinski definition) is 0. The number of aryl methyl sites for hydroxylation is 2. The van der Waals surface area contributed by atoms with E-state index in [1.807, 2.05) is 0 Å². The largest absolute Gasteiger partial charge is 0.0616 e. The molecule has 92 valence electrons. The van der Waals surface area contributed by atoms with Crippen molar-refractivity contribution in [3.63, 3.8) is 0 Å². The van der Waals surface area contributed by atoms with Gasteiger partial charge in [-0.2, -0.15) is 0 Å². The van der Waals surface area contributed by atoms with Crippen LogP contribution in [0.3, 0.4) is 0 Å². The van der Waals surface area contributed by atoms with Crippen LogP contribution in [-0.2, 0) is 6.42 Å². The van der Waals surface area contributed by atoms with Crippen LogP contribution < -0.4 is 0 Å². The summed E-state index contributed by atoms with van der Waals surface area (Å²) in [4.78, 5) is 0. The summed E-state index contributed by atoms with van der Waals surface area (Å²) >= 11 is 0. The monoisotopic (exact) mass is 244 g/mol. The average molecular weight is 244 g/mol. The first-order valence-corrected chi connectivity index (χ1v) is 6.84. The standard InChI is InChI=1S/C19H16/c1-12-7-13(2)19-17(8-12)10-16-9-14-5-3-4-6-15(14)11-18(16)19/h3-9,11H,10H2,1-2H3. The fourth-order valence-corrected chi connectivity index (χ4v) is 3.45. The van der Waals surface area contributed by atoms with Crippen molar-refractivity contribution in [2.45, 2.75) is 20.3 Å². The molecular weight excluding hydrogens is 228 g/mol. The molecule has 0 bridgehead atoms. The fourth-order valence-electron chi connectivity index (χ4n) is 3.45. The Labute approximate surface area is 113 Å². The van der Waals surface area contributed by atoms with Crippen molar-refractivity contribution in [2.75, 3.05) is 0 Å². The highest BCUT2D eigenvalue weighted by atomic mass is 14.2. The van der Waals surface area contributed by atoms with Crippen LogP contribution in [0, 0.1) is 13.8 Å². The predicted molar refractivity (Wildman–Crippen MR) is 81.7 cm³/mol. The summed E-state index contributed by atoms with van der Waals surface area (Å²) in [6.07, 6.45) is 1.08. The highest BCUT2D eigenvalue weighted by Gasteiger charge is 2.20. The van der Waals surface area contributed by atoms with Crippen molar-refractivity contribution in [3.05, 3.63) is 70.8 Å². The van der Waals surface area contributed by atoms with E-state index < -0.39 is 0 Å². The first kappa shape index (κ1) is 10.8. The SMILES string of the molecule is Cc1cc(C)c2c(c1)Cc1cc3ccccc3cc1-2. The van der Waals surface area contributed by atoms with E-state index >= 15 is 0 Å². The van der Waals surface area contributed by atoms with Gasteiger partial charge in [0.1, 0.15) is 0 Å². The van der Waals surface area contributed by atoms with Gasteiger partial charge >= 0.3 is 0 Å². The van der Waals surface area contributed by atoms with Crippen LogP contribution in [-0.4, -0.2) is 0 Å². The van der Waals surface area contributed by atoms with Gasteiger partial charge < -0.3 is 0 Å². The second-order valence-corrected chi connectivity index (χ2v) is 5.65. The number of rotatable bonds is 0. The van der Waals surface area contributed by atoms with Crippen molar-refractivity contribution < 1.29 is 0 Å². The lowest BCUT2D eigenvalue weighted by atomic mass is 9.96. The van der Waals surface area contributed by atoms with Crippen LogP contribution in [0.25, 0.3) is 21.9 Å². The first-order valence-electron chi connectivity index (χ1n) is 6.84. The van der Waals surface area contributed by atoms with Crippen molar-refractivity contribution in [1.82, 2.24) is 0 Å². The molecule has 0 N–H and O–H groups in total. The quantitative estimate of drug-likeness (QED) is 0.407. The minimum Gasteiger partial charge on any atom is -0.0616 e. The summed E-state index contributed by atoms with van der Waals surface area (Å²) in [7, 11) is 0. The number of fused-ring (bicyclic) bond motifs is 4. The van der Waals surface area contributed by atoms with E-state index in [0.29, 0.717) is 0 Å². The van der Waals surface area contributed by atoms with Gasteiger partial charge in [0.15, 0.2) is 0 Å². The van der Waals surface area contributed by atoms with E-state index in [4.69, 9.17) is 0 Å². The maximum atomic E-state index is 2.36. The topological polar surface area (TPSA) is 0 Å². The third kappa shape index (κ3) is 1.53. The minimum absolute atomic E-state index is 1.08. The Hall–Kier alpha value is -2.08. The Morgan fingerprint density at radius 3 is 2.32 bits per heavy atom. The second kappa shape index (κ2) is 3.71. The molecule has 0 amide bonds. The van der Waals surface area contributed by atoms with Gasteiger partial charge in [-0.1, -0.05) is 48.0 Å². The Balaban J connectivity index is 2.06. The molecule has 19 heavy (non-hydrogen) atoms. The second-order valence-electron chi connectivity index (χ2n) is 5.65. The van der Waals surface area contributed by atoms with Crippen molar-refractivity contribution in [2.24, 2.45) is 0 Å². The zero-order chi connectivity index (χ0) is 13.0. The van der Waals surface area contributed by atoms with Gasteiger partial charge in [-0.3, -0.25) is 0 Å². The zero-order valence-corrected chi connectivity index (χ0v) is 11.3. The normalized spacial score (nSPS) is 12.5. The van der Waals surface area contributed by atoms with E-state index in [2.05, 4.69) is 62.4 Å². The molecule has 0 fully saturated rings. The molecule has 3 aromatic carbocycles. The van der Waals surface area contributed by atoms with Crippen molar-refractivity contribution in [1.29, 1.82) is 0 Å². The molecule has 0 atom stereocenters. The molecule has 1 aliphatic rings. The molecule has 0 unspecified atom stereocenters. The third-order valence-electron chi connectivity index (χ3n) is 4.18. The highest BCUT2D eigenvalue weighted by molar-refractivity contribution is 5.92. The Morgan fingerprint density at radius 1 is 0.789 bits per heavy atom. The minimum atomic E-state index is 1.08. The summed E-state index contributed by atoms with van der Waals surface area (Å²) in [5.41, 5.74) is 8.64. The Bertz CT molecular complexity index is 810. The molecule has 0 saturated heterocycles. The molecule has 0 radical (unpaired) electrons. The zero-order valence-electron chi connectivity index (χ0n) is 11.3. The van der Waals surface area contributed by atoms with Gasteiger partial charge in [0.05, 0.1) is 0 Å². The van der Waals surface area contributed by atoms with Gasteiger partial charge in [0.25, 0.3) is 0 Å². The molecule has 0 aromatic heterocycles. The van der Waals surface area contributed by atoms with Gasteiger partial charge in [-0.25, -0.2) is 0 Å². The van der Waals surface area contributed by atoms with E-state index in [0.717, 1.165) is 6.42 Å². The maximum absolute atomic E-state index is 2.36. The molecule has 4 rings (SSSR count). The summed E-state index contributed by atoms with van der Waals surface area (Å²) in [5.74, 6) is 0.